The van der Waals surface area contributed by atoms with Crippen LogP contribution in [-0.2, 0) is 0 Å². The molecule has 1 nitrogen and oxygen atoms in total. The topological polar surface area (TPSA) is 23.9 Å². The Morgan fingerprint density at radius 1 is 0.833 bits per heavy atom. The highest BCUT2D eigenvalue weighted by molar-refractivity contribution is 7.79. The molecule has 0 bridgehead atoms. The molecule has 0 atom stereocenters. The first-order valence-electron chi connectivity index (χ1n) is 6.52. The second-order valence-corrected chi connectivity index (χ2v) is 7.66. The molecule has 0 saturated carbocycles. The number of unbranched alkanes of at least 4 members (excludes halogenated alkanes) is 1. The molecule has 0 aliphatic heterocycles. The van der Waals surface area contributed by atoms with Crippen LogP contribution in [0.5, 0.6) is 0 Å². The van der Waals surface area contributed by atoms with Crippen LogP contribution in [0.3, 0.4) is 0 Å². The predicted octanol–water partition coefficient (Wildman–Crippen LogP) is 4.22. The number of nitrogens with one attached hydrogen (secondary N) is 1. The molecule has 0 heterocycles. The summed E-state index contributed by atoms with van der Waals surface area (Å²) >= 11 is 0. The monoisotopic (exact) mass is 257 g/mol. The van der Waals surface area contributed by atoms with Crippen LogP contribution in [0.2, 0.25) is 0 Å². The van der Waals surface area contributed by atoms with Gasteiger partial charge in [0.25, 0.3) is 0 Å². The molecule has 0 saturated heterocycles. The summed E-state index contributed by atoms with van der Waals surface area (Å²) in [5, 5.41) is 11.4. The van der Waals surface area contributed by atoms with E-state index in [1.807, 2.05) is 36.4 Å². The lowest BCUT2D eigenvalue weighted by Crippen LogP contribution is -2.17. The van der Waals surface area contributed by atoms with Crippen LogP contribution in [0.4, 0.5) is 0 Å². The van der Waals surface area contributed by atoms with Gasteiger partial charge < -0.3 is 5.16 Å². The summed E-state index contributed by atoms with van der Waals surface area (Å²) in [7, 11) is -1.94. The average Bonchev–Trinajstić information content (AvgIpc) is 2.46. The minimum atomic E-state index is -1.94. The van der Waals surface area contributed by atoms with E-state index in [-0.39, 0.29) is 0 Å². The van der Waals surface area contributed by atoms with Crippen LogP contribution in [-0.4, -0.2) is 6.16 Å². The van der Waals surface area contributed by atoms with Crippen molar-refractivity contribution >= 4 is 17.7 Å². The first-order chi connectivity index (χ1) is 8.77. The Bertz CT molecular complexity index is 476. The fourth-order valence-electron chi connectivity index (χ4n) is 2.17. The van der Waals surface area contributed by atoms with Gasteiger partial charge in [-0.05, 0) is 23.2 Å². The van der Waals surface area contributed by atoms with E-state index < -0.39 is 7.05 Å². The Morgan fingerprint density at radius 3 is 1.67 bits per heavy atom. The molecule has 2 heteroatoms. The summed E-state index contributed by atoms with van der Waals surface area (Å²) in [6, 6.07) is 20.7. The van der Waals surface area contributed by atoms with Gasteiger partial charge in [-0.15, -0.1) is 0 Å². The standard InChI is InChI=1S/C16H20NP/c1-2-3-14-18(17,15-10-6-4-7-11-15)16-12-8-5-9-13-16/h4-13,17H,2-3,14H2,1H3. The Kier molecular flexibility index (Phi) is 4.38. The maximum atomic E-state index is 9.02. The van der Waals surface area contributed by atoms with Gasteiger partial charge in [-0.25, -0.2) is 0 Å². The number of hydrogen-bond donors (Lipinski definition) is 1. The molecule has 0 aliphatic carbocycles. The molecule has 0 fully saturated rings. The Hall–Kier alpha value is -1.33. The molecule has 2 aromatic carbocycles. The lowest BCUT2D eigenvalue weighted by atomic mass is 10.4. The summed E-state index contributed by atoms with van der Waals surface area (Å²) in [6.07, 6.45) is 3.26. The third kappa shape index (κ3) is 2.73. The van der Waals surface area contributed by atoms with Crippen LogP contribution < -0.4 is 10.6 Å². The Labute approximate surface area is 110 Å². The van der Waals surface area contributed by atoms with Gasteiger partial charge in [0.15, 0.2) is 0 Å². The van der Waals surface area contributed by atoms with Gasteiger partial charge in [-0.1, -0.05) is 74.0 Å². The SMILES string of the molecule is CCCCP(=N)(c1ccccc1)c1ccccc1. The van der Waals surface area contributed by atoms with E-state index in [1.165, 1.54) is 10.6 Å². The highest BCUT2D eigenvalue weighted by atomic mass is 31.2. The van der Waals surface area contributed by atoms with E-state index in [2.05, 4.69) is 31.2 Å². The maximum absolute atomic E-state index is 9.02. The van der Waals surface area contributed by atoms with Gasteiger partial charge in [0.2, 0.25) is 0 Å². The number of benzene rings is 2. The van der Waals surface area contributed by atoms with Crippen LogP contribution in [0.25, 0.3) is 0 Å². The van der Waals surface area contributed by atoms with Crippen LogP contribution >= 0.6 is 7.05 Å². The van der Waals surface area contributed by atoms with Crippen molar-refractivity contribution in [3.8, 4) is 0 Å². The van der Waals surface area contributed by atoms with Crippen molar-refractivity contribution in [2.24, 2.45) is 0 Å². The summed E-state index contributed by atoms with van der Waals surface area (Å²) in [6.45, 7) is 2.19. The van der Waals surface area contributed by atoms with Crippen molar-refractivity contribution in [3.05, 3.63) is 60.7 Å². The summed E-state index contributed by atoms with van der Waals surface area (Å²) < 4.78 is 0. The van der Waals surface area contributed by atoms with Crippen LogP contribution in [0, 0.1) is 5.16 Å². The van der Waals surface area contributed by atoms with E-state index in [4.69, 9.17) is 5.16 Å². The van der Waals surface area contributed by atoms with Crippen molar-refractivity contribution < 1.29 is 0 Å². The molecule has 0 amide bonds. The van der Waals surface area contributed by atoms with Gasteiger partial charge in [-0.3, -0.25) is 0 Å². The molecule has 0 spiro atoms. The van der Waals surface area contributed by atoms with Gasteiger partial charge in [0.05, 0.1) is 0 Å². The van der Waals surface area contributed by atoms with Crippen molar-refractivity contribution in [2.45, 2.75) is 19.8 Å². The van der Waals surface area contributed by atoms with Crippen molar-refractivity contribution in [1.29, 1.82) is 5.16 Å². The summed E-state index contributed by atoms with van der Waals surface area (Å²) in [5.41, 5.74) is 0. The van der Waals surface area contributed by atoms with Gasteiger partial charge >= 0.3 is 0 Å². The predicted molar refractivity (Wildman–Crippen MR) is 81.6 cm³/mol. The fourth-order valence-corrected chi connectivity index (χ4v) is 5.13. The van der Waals surface area contributed by atoms with E-state index in [0.717, 1.165) is 19.0 Å². The van der Waals surface area contributed by atoms with Gasteiger partial charge in [0.1, 0.15) is 0 Å². The zero-order chi connectivity index (χ0) is 12.8. The molecule has 18 heavy (non-hydrogen) atoms. The first kappa shape index (κ1) is 13.1. The highest BCUT2D eigenvalue weighted by Gasteiger charge is 2.20. The van der Waals surface area contributed by atoms with Crippen molar-refractivity contribution in [1.82, 2.24) is 0 Å². The van der Waals surface area contributed by atoms with E-state index >= 15 is 0 Å². The Morgan fingerprint density at radius 2 is 1.28 bits per heavy atom. The fraction of sp³-hybridized carbons (Fsp3) is 0.250. The van der Waals surface area contributed by atoms with E-state index in [9.17, 15) is 0 Å². The minimum Gasteiger partial charge on any atom is -0.309 e. The lowest BCUT2D eigenvalue weighted by molar-refractivity contribution is 0.890. The van der Waals surface area contributed by atoms with Crippen molar-refractivity contribution in [3.63, 3.8) is 0 Å². The van der Waals surface area contributed by atoms with E-state index in [1.54, 1.807) is 0 Å². The maximum Gasteiger partial charge on any atom is 0.0237 e. The highest BCUT2D eigenvalue weighted by Crippen LogP contribution is 2.44. The summed E-state index contributed by atoms with van der Waals surface area (Å²) in [5.74, 6) is 0. The molecule has 2 rings (SSSR count). The van der Waals surface area contributed by atoms with Crippen LogP contribution in [0.1, 0.15) is 19.8 Å². The number of rotatable bonds is 5. The minimum absolute atomic E-state index is 0.984. The smallest absolute Gasteiger partial charge is 0.0237 e. The molecular weight excluding hydrogens is 237 g/mol. The normalized spacial score (nSPS) is 11.4. The zero-order valence-electron chi connectivity index (χ0n) is 10.8. The third-order valence-electron chi connectivity index (χ3n) is 3.24. The largest absolute Gasteiger partial charge is 0.309 e. The zero-order valence-corrected chi connectivity index (χ0v) is 11.7. The molecule has 0 aromatic heterocycles. The van der Waals surface area contributed by atoms with Gasteiger partial charge in [0, 0.05) is 7.05 Å². The average molecular weight is 257 g/mol. The van der Waals surface area contributed by atoms with E-state index in [0.29, 0.717) is 0 Å². The third-order valence-corrected chi connectivity index (χ3v) is 6.59. The molecule has 0 unspecified atom stereocenters. The summed E-state index contributed by atoms with van der Waals surface area (Å²) in [4.78, 5) is 0. The van der Waals surface area contributed by atoms with Crippen LogP contribution in [0.15, 0.2) is 60.7 Å². The molecule has 2 aromatic rings. The quantitative estimate of drug-likeness (QED) is 0.776. The molecule has 1 N–H and O–H groups in total. The molecule has 94 valence electrons. The molecule has 0 aliphatic rings. The van der Waals surface area contributed by atoms with Crippen molar-refractivity contribution in [2.75, 3.05) is 6.16 Å². The number of hydrogen-bond acceptors (Lipinski definition) is 1. The van der Waals surface area contributed by atoms with Gasteiger partial charge in [-0.2, -0.15) is 0 Å². The first-order valence-corrected chi connectivity index (χ1v) is 8.49. The second kappa shape index (κ2) is 6.02. The molecule has 0 radical (unpaired) electrons. The Balaban J connectivity index is 2.45. The lowest BCUT2D eigenvalue weighted by Gasteiger charge is -2.23. The molecular formula is C16H20NP. The second-order valence-electron chi connectivity index (χ2n) is 4.56.